The van der Waals surface area contributed by atoms with Crippen LogP contribution in [0.5, 0.6) is 0 Å². The van der Waals surface area contributed by atoms with E-state index >= 15 is 0 Å². The maximum Gasteiger partial charge on any atom is 0.283 e. The van der Waals surface area contributed by atoms with Crippen LogP contribution in [-0.4, -0.2) is 26.5 Å². The van der Waals surface area contributed by atoms with Gasteiger partial charge in [0.2, 0.25) is 0 Å². The van der Waals surface area contributed by atoms with Crippen LogP contribution in [-0.2, 0) is 6.54 Å². The molecule has 4 rings (SSSR count). The predicted molar refractivity (Wildman–Crippen MR) is 110 cm³/mol. The van der Waals surface area contributed by atoms with Crippen LogP contribution < -0.4 is 5.32 Å². The maximum atomic E-state index is 11.4. The zero-order valence-electron chi connectivity index (χ0n) is 15.1. The van der Waals surface area contributed by atoms with Gasteiger partial charge >= 0.3 is 0 Å². The number of fused-ring (bicyclic) bond motifs is 1. The fraction of sp³-hybridized carbons (Fsp3) is 0.100. The molecule has 0 saturated heterocycles. The second-order valence-corrected chi connectivity index (χ2v) is 7.26. The van der Waals surface area contributed by atoms with Crippen molar-refractivity contribution in [1.82, 2.24) is 14.5 Å². The largest absolute Gasteiger partial charge is 0.388 e. The minimum absolute atomic E-state index is 0.108. The zero-order chi connectivity index (χ0) is 19.5. The second kappa shape index (κ2) is 7.69. The minimum Gasteiger partial charge on any atom is -0.388 e. The van der Waals surface area contributed by atoms with Gasteiger partial charge < -0.3 is 9.88 Å². The van der Waals surface area contributed by atoms with E-state index in [-0.39, 0.29) is 10.6 Å². The Labute approximate surface area is 165 Å². The van der Waals surface area contributed by atoms with E-state index in [1.165, 1.54) is 24.2 Å². The summed E-state index contributed by atoms with van der Waals surface area (Å²) in [5.74, 6) is 0. The first-order valence-electron chi connectivity index (χ1n) is 8.61. The summed E-state index contributed by atoms with van der Waals surface area (Å²) in [5, 5.41) is 15.6. The Morgan fingerprint density at radius 2 is 1.93 bits per heavy atom. The molecule has 0 aliphatic heterocycles. The Balaban J connectivity index is 1.80. The summed E-state index contributed by atoms with van der Waals surface area (Å²) < 4.78 is 2.12. The summed E-state index contributed by atoms with van der Waals surface area (Å²) >= 11 is 1.40. The zero-order valence-corrected chi connectivity index (χ0v) is 15.9. The number of nitrogens with zero attached hydrogens (tertiary/aromatic N) is 4. The normalized spacial score (nSPS) is 10.9. The topological polar surface area (TPSA) is 85.9 Å². The third-order valence-electron chi connectivity index (χ3n) is 4.38. The van der Waals surface area contributed by atoms with Gasteiger partial charge in [0.1, 0.15) is 6.33 Å². The van der Waals surface area contributed by atoms with Gasteiger partial charge in [0, 0.05) is 53.2 Å². The van der Waals surface area contributed by atoms with Crippen LogP contribution in [0.25, 0.3) is 10.9 Å². The van der Waals surface area contributed by atoms with Crippen LogP contribution in [0.3, 0.4) is 0 Å². The number of hydrogen-bond donors (Lipinski definition) is 1. The molecule has 0 bridgehead atoms. The van der Waals surface area contributed by atoms with E-state index in [1.54, 1.807) is 24.5 Å². The Morgan fingerprint density at radius 1 is 1.14 bits per heavy atom. The second-order valence-electron chi connectivity index (χ2n) is 6.18. The Bertz CT molecular complexity index is 1140. The van der Waals surface area contributed by atoms with Crippen LogP contribution in [0, 0.1) is 10.1 Å². The number of benzene rings is 2. The quantitative estimate of drug-likeness (QED) is 0.382. The molecule has 8 heteroatoms. The van der Waals surface area contributed by atoms with Gasteiger partial charge in [0.05, 0.1) is 21.9 Å². The molecule has 2 aromatic heterocycles. The smallest absolute Gasteiger partial charge is 0.283 e. The molecule has 140 valence electrons. The number of nitrogens with one attached hydrogen (secondary N) is 1. The van der Waals surface area contributed by atoms with Crippen molar-refractivity contribution < 1.29 is 4.92 Å². The van der Waals surface area contributed by atoms with E-state index in [1.807, 2.05) is 31.4 Å². The number of rotatable bonds is 6. The van der Waals surface area contributed by atoms with E-state index in [4.69, 9.17) is 0 Å². The molecule has 0 unspecified atom stereocenters. The molecular formula is C20H17N5O2S. The van der Waals surface area contributed by atoms with E-state index in [2.05, 4.69) is 25.9 Å². The molecule has 2 heterocycles. The van der Waals surface area contributed by atoms with Gasteiger partial charge in [-0.05, 0) is 24.3 Å². The standard InChI is InChI=1S/C20H17N5O2S/c1-21-15-6-7-16-18(8-15)24(11-14-9-22-13-23-10-14)12-20(16)28-19-5-3-2-4-17(19)25(26)27/h2-10,12-13,21H,11H2,1H3. The minimum atomic E-state index is -0.345. The lowest BCUT2D eigenvalue weighted by molar-refractivity contribution is -0.387. The lowest BCUT2D eigenvalue weighted by Crippen LogP contribution is -1.99. The average molecular weight is 391 g/mol. The Hall–Kier alpha value is -3.39. The van der Waals surface area contributed by atoms with Gasteiger partial charge in [0.15, 0.2) is 0 Å². The summed E-state index contributed by atoms with van der Waals surface area (Å²) in [6.45, 7) is 0.613. The van der Waals surface area contributed by atoms with E-state index < -0.39 is 0 Å². The SMILES string of the molecule is CNc1ccc2c(Sc3ccccc3[N+](=O)[O-])cn(Cc3cncnc3)c2c1. The van der Waals surface area contributed by atoms with Gasteiger partial charge in [-0.25, -0.2) is 9.97 Å². The monoisotopic (exact) mass is 391 g/mol. The molecule has 0 fully saturated rings. The fourth-order valence-electron chi connectivity index (χ4n) is 3.05. The molecule has 2 aromatic carbocycles. The van der Waals surface area contributed by atoms with Crippen LogP contribution in [0.1, 0.15) is 5.56 Å². The van der Waals surface area contributed by atoms with Gasteiger partial charge in [-0.3, -0.25) is 10.1 Å². The first-order chi connectivity index (χ1) is 13.7. The van der Waals surface area contributed by atoms with Crippen LogP contribution in [0.15, 0.2) is 77.2 Å². The van der Waals surface area contributed by atoms with Crippen LogP contribution in [0.2, 0.25) is 0 Å². The van der Waals surface area contributed by atoms with Gasteiger partial charge in [-0.2, -0.15) is 0 Å². The molecule has 4 aromatic rings. The average Bonchev–Trinajstić information content (AvgIpc) is 3.05. The third kappa shape index (κ3) is 3.54. The lowest BCUT2D eigenvalue weighted by atomic mass is 10.2. The van der Waals surface area contributed by atoms with Crippen LogP contribution in [0.4, 0.5) is 11.4 Å². The van der Waals surface area contributed by atoms with Crippen molar-refractivity contribution >= 4 is 34.0 Å². The van der Waals surface area contributed by atoms with E-state index in [0.717, 1.165) is 27.0 Å². The van der Waals surface area contributed by atoms with Crippen molar-refractivity contribution in [2.45, 2.75) is 16.3 Å². The highest BCUT2D eigenvalue weighted by Gasteiger charge is 2.17. The van der Waals surface area contributed by atoms with Crippen molar-refractivity contribution in [3.05, 3.63) is 83.1 Å². The fourth-order valence-corrected chi connectivity index (χ4v) is 4.14. The van der Waals surface area contributed by atoms with E-state index in [0.29, 0.717) is 11.4 Å². The highest BCUT2D eigenvalue weighted by molar-refractivity contribution is 7.99. The molecule has 1 N–H and O–H groups in total. The van der Waals surface area contributed by atoms with Gasteiger partial charge in [-0.1, -0.05) is 23.9 Å². The van der Waals surface area contributed by atoms with Gasteiger partial charge in [0.25, 0.3) is 5.69 Å². The Kier molecular flexibility index (Phi) is 4.94. The van der Waals surface area contributed by atoms with E-state index in [9.17, 15) is 10.1 Å². The molecule has 0 aliphatic carbocycles. The molecule has 0 atom stereocenters. The van der Waals surface area contributed by atoms with Crippen molar-refractivity contribution in [2.75, 3.05) is 12.4 Å². The molecule has 0 radical (unpaired) electrons. The Morgan fingerprint density at radius 3 is 2.68 bits per heavy atom. The summed E-state index contributed by atoms with van der Waals surface area (Å²) in [5.41, 5.74) is 3.13. The van der Waals surface area contributed by atoms with Gasteiger partial charge in [-0.15, -0.1) is 0 Å². The number of aromatic nitrogens is 3. The molecule has 0 aliphatic rings. The summed E-state index contributed by atoms with van der Waals surface area (Å²) in [6, 6.07) is 12.9. The highest BCUT2D eigenvalue weighted by Crippen LogP contribution is 2.39. The maximum absolute atomic E-state index is 11.4. The molecule has 0 spiro atoms. The number of hydrogen-bond acceptors (Lipinski definition) is 6. The highest BCUT2D eigenvalue weighted by atomic mass is 32.2. The number of nitro groups is 1. The number of anilines is 1. The van der Waals surface area contributed by atoms with Crippen molar-refractivity contribution in [2.24, 2.45) is 0 Å². The number of nitro benzene ring substituents is 1. The molecular weight excluding hydrogens is 374 g/mol. The molecule has 28 heavy (non-hydrogen) atoms. The van der Waals surface area contributed by atoms with Crippen LogP contribution >= 0.6 is 11.8 Å². The first-order valence-corrected chi connectivity index (χ1v) is 9.43. The molecule has 7 nitrogen and oxygen atoms in total. The summed E-state index contributed by atoms with van der Waals surface area (Å²) in [4.78, 5) is 20.8. The van der Waals surface area contributed by atoms with Crippen molar-refractivity contribution in [1.29, 1.82) is 0 Å². The first kappa shape index (κ1) is 18.0. The van der Waals surface area contributed by atoms with Crippen molar-refractivity contribution in [3.63, 3.8) is 0 Å². The predicted octanol–water partition coefficient (Wildman–Crippen LogP) is 4.58. The lowest BCUT2D eigenvalue weighted by Gasteiger charge is -2.06. The summed E-state index contributed by atoms with van der Waals surface area (Å²) in [7, 11) is 1.88. The summed E-state index contributed by atoms with van der Waals surface area (Å²) in [6.07, 6.45) is 7.11. The van der Waals surface area contributed by atoms with Crippen molar-refractivity contribution in [3.8, 4) is 0 Å². The molecule has 0 saturated carbocycles. The molecule has 0 amide bonds. The third-order valence-corrected chi connectivity index (χ3v) is 5.49. The number of para-hydroxylation sites is 1.